The second-order valence-corrected chi connectivity index (χ2v) is 6.50. The summed E-state index contributed by atoms with van der Waals surface area (Å²) in [5.74, 6) is 0. The van der Waals surface area contributed by atoms with E-state index in [9.17, 15) is 0 Å². The zero-order valence-electron chi connectivity index (χ0n) is 10.9. The van der Waals surface area contributed by atoms with Gasteiger partial charge in [-0.3, -0.25) is 0 Å². The minimum Gasteiger partial charge on any atom is -0.310 e. The molecule has 3 heteroatoms. The number of thioether (sulfide) groups is 1. The van der Waals surface area contributed by atoms with E-state index in [-0.39, 0.29) is 0 Å². The molecule has 1 aromatic carbocycles. The van der Waals surface area contributed by atoms with Crippen molar-refractivity contribution < 1.29 is 0 Å². The molecule has 0 saturated heterocycles. The lowest BCUT2D eigenvalue weighted by atomic mass is 10.0. The second-order valence-electron chi connectivity index (χ2n) is 4.30. The van der Waals surface area contributed by atoms with Crippen LogP contribution in [0.4, 0.5) is 0 Å². The minimum absolute atomic E-state index is 0.474. The number of hydrogen-bond donors (Lipinski definition) is 1. The van der Waals surface area contributed by atoms with Gasteiger partial charge in [0.2, 0.25) is 0 Å². The third-order valence-corrected chi connectivity index (χ3v) is 4.54. The molecule has 1 rings (SSSR count). The average Bonchev–Trinajstić information content (AvgIpc) is 2.34. The van der Waals surface area contributed by atoms with Crippen LogP contribution in [0.3, 0.4) is 0 Å². The summed E-state index contributed by atoms with van der Waals surface area (Å²) in [6.45, 7) is 5.61. The van der Waals surface area contributed by atoms with Crippen molar-refractivity contribution in [1.29, 1.82) is 0 Å². The average molecular weight is 316 g/mol. The largest absolute Gasteiger partial charge is 0.310 e. The summed E-state index contributed by atoms with van der Waals surface area (Å²) in [6, 6.07) is 9.06. The van der Waals surface area contributed by atoms with Crippen LogP contribution in [-0.2, 0) is 0 Å². The Balaban J connectivity index is 2.48. The Morgan fingerprint density at radius 2 is 2.18 bits per heavy atom. The molecule has 0 amide bonds. The molecular formula is C14H22BrNS. The molecule has 96 valence electrons. The molecular weight excluding hydrogens is 294 g/mol. The molecule has 1 aromatic rings. The smallest absolute Gasteiger partial charge is 0.0318 e. The molecule has 0 aliphatic rings. The number of hydrogen-bond acceptors (Lipinski definition) is 2. The molecule has 2 unspecified atom stereocenters. The van der Waals surface area contributed by atoms with Crippen LogP contribution in [0.25, 0.3) is 0 Å². The fraction of sp³-hybridized carbons (Fsp3) is 0.571. The first-order valence-corrected chi connectivity index (χ1v) is 8.27. The van der Waals surface area contributed by atoms with Crippen LogP contribution >= 0.6 is 27.7 Å². The van der Waals surface area contributed by atoms with Gasteiger partial charge in [-0.05, 0) is 43.3 Å². The zero-order chi connectivity index (χ0) is 12.7. The molecule has 1 N–H and O–H groups in total. The maximum absolute atomic E-state index is 3.64. The third kappa shape index (κ3) is 5.45. The maximum atomic E-state index is 3.64. The molecule has 0 bridgehead atoms. The predicted molar refractivity (Wildman–Crippen MR) is 82.8 cm³/mol. The van der Waals surface area contributed by atoms with Crippen LogP contribution in [0.1, 0.15) is 38.3 Å². The van der Waals surface area contributed by atoms with Crippen LogP contribution in [0.2, 0.25) is 0 Å². The van der Waals surface area contributed by atoms with E-state index < -0.39 is 0 Å². The molecule has 0 aliphatic heterocycles. The van der Waals surface area contributed by atoms with Gasteiger partial charge in [-0.15, -0.1) is 0 Å². The van der Waals surface area contributed by atoms with Crippen LogP contribution in [0.5, 0.6) is 0 Å². The van der Waals surface area contributed by atoms with Gasteiger partial charge in [-0.1, -0.05) is 41.9 Å². The van der Waals surface area contributed by atoms with E-state index in [1.807, 2.05) is 11.8 Å². The minimum atomic E-state index is 0.474. The summed E-state index contributed by atoms with van der Waals surface area (Å²) in [5.41, 5.74) is 1.37. The van der Waals surface area contributed by atoms with Gasteiger partial charge in [0.1, 0.15) is 0 Å². The van der Waals surface area contributed by atoms with E-state index in [0.717, 1.165) is 22.7 Å². The predicted octanol–water partition coefficient (Wildman–Crippen LogP) is 4.63. The zero-order valence-corrected chi connectivity index (χ0v) is 13.3. The highest BCUT2D eigenvalue weighted by molar-refractivity contribution is 9.10. The van der Waals surface area contributed by atoms with Gasteiger partial charge in [-0.2, -0.15) is 11.8 Å². The van der Waals surface area contributed by atoms with Gasteiger partial charge in [0.05, 0.1) is 0 Å². The monoisotopic (exact) mass is 315 g/mol. The molecule has 0 spiro atoms. The molecule has 0 aromatic heterocycles. The van der Waals surface area contributed by atoms with E-state index in [1.54, 1.807) is 0 Å². The van der Waals surface area contributed by atoms with E-state index in [1.165, 1.54) is 12.0 Å². The van der Waals surface area contributed by atoms with Crippen molar-refractivity contribution in [3.63, 3.8) is 0 Å². The number of benzene rings is 1. The Morgan fingerprint density at radius 1 is 1.41 bits per heavy atom. The molecule has 1 nitrogen and oxygen atoms in total. The Hall–Kier alpha value is 0.01000. The highest BCUT2D eigenvalue weighted by atomic mass is 79.9. The van der Waals surface area contributed by atoms with Crippen molar-refractivity contribution in [2.45, 2.75) is 38.0 Å². The summed E-state index contributed by atoms with van der Waals surface area (Å²) in [7, 11) is 0. The fourth-order valence-corrected chi connectivity index (χ4v) is 2.57. The standard InChI is InChI=1S/C14H22BrNS/c1-4-14(16-9-8-11(2)17-3)12-6-5-7-13(15)10-12/h5-7,10-11,14,16H,4,8-9H2,1-3H3. The van der Waals surface area contributed by atoms with Crippen LogP contribution < -0.4 is 5.32 Å². The van der Waals surface area contributed by atoms with Crippen molar-refractivity contribution in [3.05, 3.63) is 34.3 Å². The first-order chi connectivity index (χ1) is 8.17. The number of nitrogens with one attached hydrogen (secondary N) is 1. The van der Waals surface area contributed by atoms with E-state index in [0.29, 0.717) is 6.04 Å². The molecule has 17 heavy (non-hydrogen) atoms. The Morgan fingerprint density at radius 3 is 2.76 bits per heavy atom. The summed E-state index contributed by atoms with van der Waals surface area (Å²) in [5, 5.41) is 4.38. The van der Waals surface area contributed by atoms with Gasteiger partial charge in [-0.25, -0.2) is 0 Å². The summed E-state index contributed by atoms with van der Waals surface area (Å²) < 4.78 is 1.16. The summed E-state index contributed by atoms with van der Waals surface area (Å²) in [4.78, 5) is 0. The van der Waals surface area contributed by atoms with Crippen LogP contribution in [0, 0.1) is 0 Å². The lowest BCUT2D eigenvalue weighted by Crippen LogP contribution is -2.23. The fourth-order valence-electron chi connectivity index (χ4n) is 1.80. The first-order valence-electron chi connectivity index (χ1n) is 6.19. The lowest BCUT2D eigenvalue weighted by Gasteiger charge is -2.19. The van der Waals surface area contributed by atoms with Gasteiger partial charge >= 0.3 is 0 Å². The van der Waals surface area contributed by atoms with E-state index in [4.69, 9.17) is 0 Å². The number of rotatable bonds is 7. The molecule has 2 atom stereocenters. The molecule has 0 saturated carbocycles. The lowest BCUT2D eigenvalue weighted by molar-refractivity contribution is 0.510. The topological polar surface area (TPSA) is 12.0 Å². The third-order valence-electron chi connectivity index (χ3n) is 3.00. The number of halogens is 1. The molecule has 0 fully saturated rings. The van der Waals surface area contributed by atoms with E-state index in [2.05, 4.69) is 65.6 Å². The Kier molecular flexibility index (Phi) is 7.24. The molecule has 0 radical (unpaired) electrons. The second kappa shape index (κ2) is 8.17. The molecule has 0 aliphatic carbocycles. The first kappa shape index (κ1) is 15.1. The van der Waals surface area contributed by atoms with Crippen molar-refractivity contribution in [1.82, 2.24) is 5.32 Å². The Labute approximate surface area is 118 Å². The maximum Gasteiger partial charge on any atom is 0.0318 e. The van der Waals surface area contributed by atoms with Crippen molar-refractivity contribution in [2.24, 2.45) is 0 Å². The van der Waals surface area contributed by atoms with Crippen molar-refractivity contribution in [3.8, 4) is 0 Å². The van der Waals surface area contributed by atoms with Gasteiger partial charge in [0.15, 0.2) is 0 Å². The van der Waals surface area contributed by atoms with Crippen molar-refractivity contribution >= 4 is 27.7 Å². The van der Waals surface area contributed by atoms with Crippen LogP contribution in [0.15, 0.2) is 28.7 Å². The summed E-state index contributed by atoms with van der Waals surface area (Å²) >= 11 is 5.47. The quantitative estimate of drug-likeness (QED) is 0.787. The van der Waals surface area contributed by atoms with Gasteiger partial charge in [0, 0.05) is 15.8 Å². The Bertz CT molecular complexity index is 330. The normalized spacial score (nSPS) is 14.6. The van der Waals surface area contributed by atoms with Gasteiger partial charge in [0.25, 0.3) is 0 Å². The summed E-state index contributed by atoms with van der Waals surface area (Å²) in [6.07, 6.45) is 4.53. The highest BCUT2D eigenvalue weighted by Gasteiger charge is 2.09. The highest BCUT2D eigenvalue weighted by Crippen LogP contribution is 2.21. The van der Waals surface area contributed by atoms with Crippen LogP contribution in [-0.4, -0.2) is 18.1 Å². The SMILES string of the molecule is CCC(NCCC(C)SC)c1cccc(Br)c1. The molecule has 0 heterocycles. The van der Waals surface area contributed by atoms with Crippen molar-refractivity contribution in [2.75, 3.05) is 12.8 Å². The van der Waals surface area contributed by atoms with E-state index >= 15 is 0 Å². The van der Waals surface area contributed by atoms with Gasteiger partial charge < -0.3 is 5.32 Å².